The molecule has 4 rings (SSSR count). The van der Waals surface area contributed by atoms with Gasteiger partial charge in [-0.2, -0.15) is 0 Å². The van der Waals surface area contributed by atoms with Gasteiger partial charge in [-0.3, -0.25) is 0 Å². The normalized spacial score (nSPS) is 13.9. The van der Waals surface area contributed by atoms with Gasteiger partial charge in [-0.25, -0.2) is 0 Å². The van der Waals surface area contributed by atoms with E-state index in [0.717, 1.165) is 0 Å². The third kappa shape index (κ3) is 3.63. The number of benzene rings is 3. The minimum atomic E-state index is -1.83. The summed E-state index contributed by atoms with van der Waals surface area (Å²) in [5, 5.41) is 4.23. The molecule has 26 heavy (non-hydrogen) atoms. The van der Waals surface area contributed by atoms with Gasteiger partial charge in [0.15, 0.2) is 0 Å². The van der Waals surface area contributed by atoms with Gasteiger partial charge in [-0.1, -0.05) is 54.6 Å². The minimum absolute atomic E-state index is 0. The zero-order chi connectivity index (χ0) is 17.1. The lowest BCUT2D eigenvalue weighted by molar-refractivity contribution is -0.00000492. The summed E-state index contributed by atoms with van der Waals surface area (Å²) >= 11 is 0. The predicted molar refractivity (Wildman–Crippen MR) is 110 cm³/mol. The number of hydrogen-bond acceptors (Lipinski definition) is 1. The molecule has 1 aliphatic rings. The summed E-state index contributed by atoms with van der Waals surface area (Å²) in [7, 11) is -1.83. The molecule has 0 N–H and O–H groups in total. The van der Waals surface area contributed by atoms with Crippen LogP contribution in [0.3, 0.4) is 0 Å². The number of rotatable bonds is 5. The molecule has 0 unspecified atom stereocenters. The summed E-state index contributed by atoms with van der Waals surface area (Å²) in [6, 6.07) is 33.0. The van der Waals surface area contributed by atoms with E-state index in [1.165, 1.54) is 34.7 Å². The van der Waals surface area contributed by atoms with E-state index in [1.807, 2.05) is 0 Å². The molecule has 1 nitrogen and oxygen atoms in total. The average Bonchev–Trinajstić information content (AvgIpc) is 3.53. The number of allylic oxidation sites excluding steroid dienone is 1. The van der Waals surface area contributed by atoms with Crippen LogP contribution in [0.4, 0.5) is 0 Å². The molecular formula is C23H23BrNP. The van der Waals surface area contributed by atoms with Crippen molar-refractivity contribution >= 4 is 23.2 Å². The van der Waals surface area contributed by atoms with Crippen molar-refractivity contribution in [3.8, 4) is 0 Å². The maximum Gasteiger partial charge on any atom is 0.138 e. The second kappa shape index (κ2) is 8.20. The van der Waals surface area contributed by atoms with Gasteiger partial charge in [0.25, 0.3) is 0 Å². The van der Waals surface area contributed by atoms with Crippen LogP contribution in [-0.4, -0.2) is 18.0 Å². The van der Waals surface area contributed by atoms with Crippen LogP contribution in [0.25, 0.3) is 0 Å². The Morgan fingerprint density at radius 2 is 1.04 bits per heavy atom. The van der Waals surface area contributed by atoms with E-state index >= 15 is 0 Å². The minimum Gasteiger partial charge on any atom is -1.00 e. The lowest BCUT2D eigenvalue weighted by Gasteiger charge is -2.25. The lowest BCUT2D eigenvalue weighted by Crippen LogP contribution is -3.00. The summed E-state index contributed by atoms with van der Waals surface area (Å²) in [6.45, 7) is 4.62. The smallest absolute Gasteiger partial charge is 0.138 e. The molecule has 132 valence electrons. The first-order chi connectivity index (χ1) is 12.3. The highest BCUT2D eigenvalue weighted by atomic mass is 79.9. The Kier molecular flexibility index (Phi) is 5.96. The summed E-state index contributed by atoms with van der Waals surface area (Å²) in [4.78, 5) is 2.45. The van der Waals surface area contributed by atoms with E-state index in [-0.39, 0.29) is 17.0 Å². The zero-order valence-corrected chi connectivity index (χ0v) is 17.4. The standard InChI is InChI=1S/C23H23NP.BrH/c1-20(24-17-18-24)19-25(21-11-5-2-6-12-21,22-13-7-3-8-14-22)23-15-9-4-10-16-23;/h2-16,19H,17-18H2,1H3;1H/q+1;/p-1/b20-19+;. The van der Waals surface area contributed by atoms with Crippen molar-refractivity contribution in [1.29, 1.82) is 0 Å². The Morgan fingerprint density at radius 1 is 0.692 bits per heavy atom. The molecule has 1 aliphatic heterocycles. The van der Waals surface area contributed by atoms with Crippen molar-refractivity contribution in [2.24, 2.45) is 0 Å². The average molecular weight is 424 g/mol. The predicted octanol–water partition coefficient (Wildman–Crippen LogP) is 1.16. The van der Waals surface area contributed by atoms with Crippen LogP contribution in [0.1, 0.15) is 6.92 Å². The summed E-state index contributed by atoms with van der Waals surface area (Å²) in [6.07, 6.45) is 0. The number of hydrogen-bond donors (Lipinski definition) is 0. The van der Waals surface area contributed by atoms with Crippen LogP contribution in [-0.2, 0) is 0 Å². The van der Waals surface area contributed by atoms with Crippen molar-refractivity contribution in [3.63, 3.8) is 0 Å². The summed E-state index contributed by atoms with van der Waals surface area (Å²) < 4.78 is 0. The van der Waals surface area contributed by atoms with Gasteiger partial charge in [0.2, 0.25) is 0 Å². The monoisotopic (exact) mass is 423 g/mol. The number of halogens is 1. The highest BCUT2D eigenvalue weighted by Crippen LogP contribution is 2.57. The zero-order valence-electron chi connectivity index (χ0n) is 14.9. The van der Waals surface area contributed by atoms with Gasteiger partial charge >= 0.3 is 0 Å². The molecule has 0 atom stereocenters. The maximum atomic E-state index is 2.56. The molecular weight excluding hydrogens is 401 g/mol. The van der Waals surface area contributed by atoms with Crippen LogP contribution < -0.4 is 32.9 Å². The third-order valence-electron chi connectivity index (χ3n) is 4.82. The summed E-state index contributed by atoms with van der Waals surface area (Å²) in [5.41, 5.74) is 1.39. The Labute approximate surface area is 167 Å². The molecule has 0 aromatic heterocycles. The molecule has 1 fully saturated rings. The largest absolute Gasteiger partial charge is 1.00 e. The highest BCUT2D eigenvalue weighted by Gasteiger charge is 2.44. The van der Waals surface area contributed by atoms with Crippen molar-refractivity contribution < 1.29 is 17.0 Å². The van der Waals surface area contributed by atoms with Gasteiger partial charge in [0.05, 0.1) is 5.82 Å². The quantitative estimate of drug-likeness (QED) is 0.439. The molecule has 0 spiro atoms. The first kappa shape index (κ1) is 18.9. The molecule has 0 amide bonds. The van der Waals surface area contributed by atoms with Gasteiger partial charge in [0, 0.05) is 18.8 Å². The van der Waals surface area contributed by atoms with E-state index in [4.69, 9.17) is 0 Å². The van der Waals surface area contributed by atoms with Crippen molar-refractivity contribution in [3.05, 3.63) is 103 Å². The Hall–Kier alpha value is -1.89. The van der Waals surface area contributed by atoms with Crippen LogP contribution in [0, 0.1) is 0 Å². The molecule has 1 saturated heterocycles. The summed E-state index contributed by atoms with van der Waals surface area (Å²) in [5.74, 6) is 2.56. The Morgan fingerprint density at radius 3 is 1.35 bits per heavy atom. The van der Waals surface area contributed by atoms with Crippen LogP contribution in [0.5, 0.6) is 0 Å². The van der Waals surface area contributed by atoms with Crippen LogP contribution >= 0.6 is 7.26 Å². The molecule has 0 bridgehead atoms. The van der Waals surface area contributed by atoms with Crippen LogP contribution in [0.15, 0.2) is 103 Å². The molecule has 3 aromatic carbocycles. The molecule has 3 aromatic rings. The SMILES string of the molecule is C/C(=C\[P+](c1ccccc1)(c1ccccc1)c1ccccc1)N1CC1.[Br-]. The second-order valence-corrected chi connectivity index (χ2v) is 9.74. The van der Waals surface area contributed by atoms with E-state index in [1.54, 1.807) is 0 Å². The lowest BCUT2D eigenvalue weighted by atomic mass is 10.4. The first-order valence-electron chi connectivity index (χ1n) is 8.81. The van der Waals surface area contributed by atoms with E-state index < -0.39 is 7.26 Å². The van der Waals surface area contributed by atoms with Crippen molar-refractivity contribution in [2.75, 3.05) is 13.1 Å². The van der Waals surface area contributed by atoms with E-state index in [9.17, 15) is 0 Å². The second-order valence-electron chi connectivity index (χ2n) is 6.49. The third-order valence-corrected chi connectivity index (χ3v) is 8.92. The maximum absolute atomic E-state index is 2.56. The highest BCUT2D eigenvalue weighted by molar-refractivity contribution is 7.98. The topological polar surface area (TPSA) is 3.01 Å². The molecule has 0 aliphatic carbocycles. The molecule has 1 heterocycles. The molecule has 0 saturated carbocycles. The van der Waals surface area contributed by atoms with Gasteiger partial charge in [0.1, 0.15) is 23.2 Å². The fourth-order valence-corrected chi connectivity index (χ4v) is 7.42. The van der Waals surface area contributed by atoms with Gasteiger partial charge < -0.3 is 21.9 Å². The van der Waals surface area contributed by atoms with Gasteiger partial charge in [-0.15, -0.1) is 0 Å². The number of nitrogens with zero attached hydrogens (tertiary/aromatic N) is 1. The molecule has 3 heteroatoms. The van der Waals surface area contributed by atoms with E-state index in [2.05, 4.69) is 109 Å². The van der Waals surface area contributed by atoms with Crippen molar-refractivity contribution in [2.45, 2.75) is 6.92 Å². The van der Waals surface area contributed by atoms with Gasteiger partial charge in [-0.05, 0) is 43.3 Å². The van der Waals surface area contributed by atoms with Crippen molar-refractivity contribution in [1.82, 2.24) is 4.90 Å². The fourth-order valence-electron chi connectivity index (χ4n) is 3.42. The Balaban J connectivity index is 0.00000196. The molecule has 0 radical (unpaired) electrons. The Bertz CT molecular complexity index is 762. The van der Waals surface area contributed by atoms with Crippen LogP contribution in [0.2, 0.25) is 0 Å². The first-order valence-corrected chi connectivity index (χ1v) is 10.7. The fraction of sp³-hybridized carbons (Fsp3) is 0.130. The van der Waals surface area contributed by atoms with E-state index in [0.29, 0.717) is 0 Å².